The van der Waals surface area contributed by atoms with Crippen molar-refractivity contribution in [2.45, 2.75) is 20.3 Å². The van der Waals surface area contributed by atoms with Crippen molar-refractivity contribution < 1.29 is 14.4 Å². The Bertz CT molecular complexity index is 1040. The molecule has 0 aromatic heterocycles. The zero-order chi connectivity index (χ0) is 19.6. The fourth-order valence-corrected chi connectivity index (χ4v) is 4.99. The predicted molar refractivity (Wildman–Crippen MR) is 106 cm³/mol. The molecule has 4 nitrogen and oxygen atoms in total. The first-order valence-electron chi connectivity index (χ1n) is 9.74. The Morgan fingerprint density at radius 2 is 1.50 bits per heavy atom. The van der Waals surface area contributed by atoms with E-state index < -0.39 is 0 Å². The van der Waals surface area contributed by atoms with Crippen LogP contribution in [0.4, 0.5) is 5.69 Å². The molecule has 0 spiro atoms. The fraction of sp³-hybridized carbons (Fsp3) is 0.292. The van der Waals surface area contributed by atoms with Gasteiger partial charge in [0, 0.05) is 11.1 Å². The maximum Gasteiger partial charge on any atom is 0.238 e. The summed E-state index contributed by atoms with van der Waals surface area (Å²) < 4.78 is 0. The minimum Gasteiger partial charge on any atom is -0.289 e. The molecule has 4 atom stereocenters. The summed E-state index contributed by atoms with van der Waals surface area (Å²) in [5.41, 5.74) is 3.78. The number of aryl methyl sites for hydroxylation is 2. The van der Waals surface area contributed by atoms with Crippen molar-refractivity contribution in [2.24, 2.45) is 23.7 Å². The Hall–Kier alpha value is -3.01. The molecule has 5 rings (SSSR count). The van der Waals surface area contributed by atoms with Gasteiger partial charge in [-0.15, -0.1) is 0 Å². The Labute approximate surface area is 163 Å². The Balaban J connectivity index is 1.48. The maximum absolute atomic E-state index is 13.0. The van der Waals surface area contributed by atoms with Crippen LogP contribution in [0.3, 0.4) is 0 Å². The van der Waals surface area contributed by atoms with Gasteiger partial charge in [-0.3, -0.25) is 14.4 Å². The van der Waals surface area contributed by atoms with Crippen molar-refractivity contribution in [3.8, 4) is 0 Å². The first-order chi connectivity index (χ1) is 13.5. The minimum atomic E-state index is -0.235. The molecular weight excluding hydrogens is 350 g/mol. The van der Waals surface area contributed by atoms with E-state index in [-0.39, 0.29) is 41.3 Å². The Kier molecular flexibility index (Phi) is 3.66. The van der Waals surface area contributed by atoms with E-state index in [1.807, 2.05) is 32.0 Å². The summed E-state index contributed by atoms with van der Waals surface area (Å²) in [5, 5.41) is 0. The van der Waals surface area contributed by atoms with Gasteiger partial charge < -0.3 is 0 Å². The summed E-state index contributed by atoms with van der Waals surface area (Å²) in [6.07, 6.45) is 5.08. The van der Waals surface area contributed by atoms with Crippen LogP contribution in [0, 0.1) is 37.5 Å². The number of imide groups is 1. The van der Waals surface area contributed by atoms with Crippen molar-refractivity contribution in [3.63, 3.8) is 0 Å². The first kappa shape index (κ1) is 17.1. The van der Waals surface area contributed by atoms with Gasteiger partial charge >= 0.3 is 0 Å². The molecule has 1 aliphatic heterocycles. The van der Waals surface area contributed by atoms with Gasteiger partial charge in [0.2, 0.25) is 11.8 Å². The lowest BCUT2D eigenvalue weighted by Crippen LogP contribution is -2.33. The van der Waals surface area contributed by atoms with Crippen LogP contribution < -0.4 is 4.90 Å². The molecule has 1 heterocycles. The van der Waals surface area contributed by atoms with Gasteiger partial charge in [-0.2, -0.15) is 0 Å². The second kappa shape index (κ2) is 5.99. The highest BCUT2D eigenvalue weighted by molar-refractivity contribution is 6.23. The van der Waals surface area contributed by atoms with Crippen LogP contribution in [0.1, 0.15) is 33.5 Å². The number of carbonyl (C=O) groups excluding carboxylic acids is 3. The number of carbonyl (C=O) groups is 3. The van der Waals surface area contributed by atoms with Crippen molar-refractivity contribution in [1.82, 2.24) is 0 Å². The molecule has 0 unspecified atom stereocenters. The lowest BCUT2D eigenvalue weighted by molar-refractivity contribution is -0.123. The number of fused-ring (bicyclic) bond motifs is 5. The zero-order valence-electron chi connectivity index (χ0n) is 15.9. The largest absolute Gasteiger partial charge is 0.289 e. The van der Waals surface area contributed by atoms with Crippen LogP contribution in [0.5, 0.6) is 0 Å². The normalized spacial score (nSPS) is 27.6. The lowest BCUT2D eigenvalue weighted by atomic mass is 9.85. The number of benzene rings is 2. The molecule has 1 saturated heterocycles. The zero-order valence-corrected chi connectivity index (χ0v) is 15.9. The molecule has 28 heavy (non-hydrogen) atoms. The van der Waals surface area contributed by atoms with E-state index in [9.17, 15) is 14.4 Å². The van der Waals surface area contributed by atoms with Crippen LogP contribution in [0.2, 0.25) is 0 Å². The van der Waals surface area contributed by atoms with Crippen LogP contribution >= 0.6 is 0 Å². The number of hydrogen-bond acceptors (Lipinski definition) is 3. The maximum atomic E-state index is 13.0. The van der Waals surface area contributed by atoms with Crippen LogP contribution in [-0.2, 0) is 9.59 Å². The average molecular weight is 371 g/mol. The van der Waals surface area contributed by atoms with E-state index in [1.54, 1.807) is 24.3 Å². The summed E-state index contributed by atoms with van der Waals surface area (Å²) in [6.45, 7) is 3.98. The summed E-state index contributed by atoms with van der Waals surface area (Å²) in [6, 6.07) is 12.5. The number of amides is 2. The molecule has 2 aliphatic carbocycles. The van der Waals surface area contributed by atoms with Gasteiger partial charge in [0.05, 0.1) is 17.5 Å². The average Bonchev–Trinajstić information content (AvgIpc) is 3.37. The molecule has 2 aromatic rings. The number of nitrogens with zero attached hydrogens (tertiary/aromatic N) is 1. The van der Waals surface area contributed by atoms with E-state index in [2.05, 4.69) is 12.2 Å². The van der Waals surface area contributed by atoms with Gasteiger partial charge in [0.1, 0.15) is 0 Å². The van der Waals surface area contributed by atoms with E-state index in [4.69, 9.17) is 0 Å². The third-order valence-electron chi connectivity index (χ3n) is 6.61. The topological polar surface area (TPSA) is 54.5 Å². The molecule has 2 fully saturated rings. The van der Waals surface area contributed by atoms with Crippen molar-refractivity contribution in [1.29, 1.82) is 0 Å². The van der Waals surface area contributed by atoms with E-state index in [1.165, 1.54) is 4.90 Å². The molecule has 3 aliphatic rings. The van der Waals surface area contributed by atoms with Gasteiger partial charge in [-0.05, 0) is 61.4 Å². The molecule has 2 amide bonds. The molecule has 0 N–H and O–H groups in total. The van der Waals surface area contributed by atoms with Gasteiger partial charge in [-0.25, -0.2) is 4.90 Å². The van der Waals surface area contributed by atoms with Gasteiger partial charge in [0.15, 0.2) is 5.78 Å². The van der Waals surface area contributed by atoms with Crippen LogP contribution in [0.25, 0.3) is 0 Å². The molecule has 0 radical (unpaired) electrons. The second-order valence-electron chi connectivity index (χ2n) is 8.19. The Morgan fingerprint density at radius 1 is 0.857 bits per heavy atom. The highest BCUT2D eigenvalue weighted by Crippen LogP contribution is 2.53. The number of anilines is 1. The summed E-state index contributed by atoms with van der Waals surface area (Å²) in [5.74, 6) is -0.465. The second-order valence-corrected chi connectivity index (χ2v) is 8.19. The Morgan fingerprint density at radius 3 is 2.14 bits per heavy atom. The van der Waals surface area contributed by atoms with Crippen LogP contribution in [-0.4, -0.2) is 17.6 Å². The molecule has 2 bridgehead atoms. The smallest absolute Gasteiger partial charge is 0.238 e. The van der Waals surface area contributed by atoms with Crippen molar-refractivity contribution in [2.75, 3.05) is 4.90 Å². The highest BCUT2D eigenvalue weighted by Gasteiger charge is 2.59. The third-order valence-corrected chi connectivity index (χ3v) is 6.61. The van der Waals surface area contributed by atoms with Crippen LogP contribution in [0.15, 0.2) is 54.6 Å². The SMILES string of the molecule is Cc1ccc(C(=O)c2cccc(N3C(=O)[C@@H]4[C@@H](C3=O)[C@H]3C=C[C@@H]4C3)c2)cc1C. The monoisotopic (exact) mass is 371 g/mol. The number of hydrogen-bond donors (Lipinski definition) is 0. The molecule has 140 valence electrons. The van der Waals surface area contributed by atoms with Crippen molar-refractivity contribution in [3.05, 3.63) is 76.9 Å². The predicted octanol–water partition coefficient (Wildman–Crippen LogP) is 3.85. The molecule has 4 heteroatoms. The van der Waals surface area contributed by atoms with Crippen molar-refractivity contribution >= 4 is 23.3 Å². The quantitative estimate of drug-likeness (QED) is 0.468. The number of allylic oxidation sites excluding steroid dienone is 2. The lowest BCUT2D eigenvalue weighted by Gasteiger charge is -2.18. The summed E-state index contributed by atoms with van der Waals surface area (Å²) in [7, 11) is 0. The van der Waals surface area contributed by atoms with E-state index >= 15 is 0 Å². The standard InChI is InChI=1S/C24H21NO3/c1-13-6-7-18(10-14(13)2)22(26)17-4-3-5-19(12-17)25-23(27)20-15-8-9-16(11-15)21(20)24(25)28/h3-10,12,15-16,20-21H,11H2,1-2H3/t15-,16+,20-,21-/m0/s1. The van der Waals surface area contributed by atoms with Gasteiger partial charge in [0.25, 0.3) is 0 Å². The first-order valence-corrected chi connectivity index (χ1v) is 9.74. The fourth-order valence-electron chi connectivity index (χ4n) is 4.99. The number of rotatable bonds is 3. The minimum absolute atomic E-state index is 0.106. The summed E-state index contributed by atoms with van der Waals surface area (Å²) >= 11 is 0. The molecular formula is C24H21NO3. The highest BCUT2D eigenvalue weighted by atomic mass is 16.2. The van der Waals surface area contributed by atoms with E-state index in [0.29, 0.717) is 16.8 Å². The molecule has 2 aromatic carbocycles. The molecule has 1 saturated carbocycles. The number of ketones is 1. The summed E-state index contributed by atoms with van der Waals surface area (Å²) in [4.78, 5) is 40.3. The van der Waals surface area contributed by atoms with E-state index in [0.717, 1.165) is 17.5 Å². The van der Waals surface area contributed by atoms with Gasteiger partial charge in [-0.1, -0.05) is 36.4 Å². The third kappa shape index (κ3) is 2.34.